The maximum Gasteiger partial charge on any atom is 0.252 e. The van der Waals surface area contributed by atoms with E-state index in [1.165, 1.54) is 11.3 Å². The van der Waals surface area contributed by atoms with Gasteiger partial charge in [-0.3, -0.25) is 10.1 Å². The predicted octanol–water partition coefficient (Wildman–Crippen LogP) is 2.07. The van der Waals surface area contributed by atoms with Crippen LogP contribution in [0.3, 0.4) is 0 Å². The molecule has 3 rings (SSSR count). The molecule has 1 amide bonds. The normalized spacial score (nSPS) is 11.0. The second kappa shape index (κ2) is 8.06. The van der Waals surface area contributed by atoms with Crippen LogP contribution in [0.4, 0.5) is 5.95 Å². The number of nitrogens with zero attached hydrogens (tertiary/aromatic N) is 3. The molecule has 0 saturated carbocycles. The van der Waals surface area contributed by atoms with Gasteiger partial charge in [0.05, 0.1) is 26.0 Å². The summed E-state index contributed by atoms with van der Waals surface area (Å²) in [5.74, 6) is 0.673. The molecule has 0 saturated heterocycles. The fourth-order valence-electron chi connectivity index (χ4n) is 2.24. The van der Waals surface area contributed by atoms with Crippen molar-refractivity contribution >= 4 is 28.2 Å². The summed E-state index contributed by atoms with van der Waals surface area (Å²) in [4.78, 5) is 16.8. The van der Waals surface area contributed by atoms with Gasteiger partial charge in [-0.15, -0.1) is 16.4 Å². The fraction of sp³-hybridized carbons (Fsp3) is 0.312. The van der Waals surface area contributed by atoms with E-state index in [1.807, 2.05) is 29.6 Å². The summed E-state index contributed by atoms with van der Waals surface area (Å²) in [5.41, 5.74) is 1.75. The molecule has 8 nitrogen and oxygen atoms in total. The van der Waals surface area contributed by atoms with Crippen molar-refractivity contribution in [3.8, 4) is 17.0 Å². The van der Waals surface area contributed by atoms with Crippen molar-refractivity contribution < 1.29 is 19.0 Å². The maximum absolute atomic E-state index is 11.8. The highest BCUT2D eigenvalue weighted by molar-refractivity contribution is 7.15. The summed E-state index contributed by atoms with van der Waals surface area (Å²) >= 11 is 1.44. The third kappa shape index (κ3) is 3.95. The average molecular weight is 362 g/mol. The van der Waals surface area contributed by atoms with Crippen LogP contribution in [0.1, 0.15) is 0 Å². The van der Waals surface area contributed by atoms with Crippen molar-refractivity contribution in [2.45, 2.75) is 0 Å². The monoisotopic (exact) mass is 362 g/mol. The summed E-state index contributed by atoms with van der Waals surface area (Å²) in [6, 6.07) is 7.67. The summed E-state index contributed by atoms with van der Waals surface area (Å²) < 4.78 is 17.1. The van der Waals surface area contributed by atoms with Crippen molar-refractivity contribution in [1.29, 1.82) is 0 Å². The molecule has 0 atom stereocenters. The highest BCUT2D eigenvalue weighted by atomic mass is 32.1. The van der Waals surface area contributed by atoms with E-state index in [0.717, 1.165) is 17.0 Å². The Morgan fingerprint density at radius 2 is 2.12 bits per heavy atom. The van der Waals surface area contributed by atoms with Crippen LogP contribution >= 0.6 is 11.3 Å². The molecular weight excluding hydrogens is 344 g/mol. The Balaban J connectivity index is 1.76. The van der Waals surface area contributed by atoms with Crippen molar-refractivity contribution in [3.63, 3.8) is 0 Å². The number of hydrogen-bond donors (Lipinski definition) is 1. The number of aromatic nitrogens is 3. The van der Waals surface area contributed by atoms with Crippen LogP contribution in [0, 0.1) is 0 Å². The smallest absolute Gasteiger partial charge is 0.252 e. The lowest BCUT2D eigenvalue weighted by molar-refractivity contribution is -0.121. The number of carbonyl (C=O) groups is 1. The number of hydrogen-bond acceptors (Lipinski definition) is 7. The van der Waals surface area contributed by atoms with Gasteiger partial charge < -0.3 is 14.2 Å². The van der Waals surface area contributed by atoms with Gasteiger partial charge in [0.15, 0.2) is 0 Å². The lowest BCUT2D eigenvalue weighted by Crippen LogP contribution is -2.20. The topological polar surface area (TPSA) is 87.0 Å². The molecule has 0 bridgehead atoms. The molecule has 25 heavy (non-hydrogen) atoms. The van der Waals surface area contributed by atoms with Gasteiger partial charge in [0, 0.05) is 18.1 Å². The van der Waals surface area contributed by atoms with Gasteiger partial charge in [0.25, 0.3) is 11.9 Å². The zero-order valence-corrected chi connectivity index (χ0v) is 14.7. The zero-order valence-electron chi connectivity index (χ0n) is 13.9. The van der Waals surface area contributed by atoms with Crippen LogP contribution in [0.2, 0.25) is 0 Å². The Hall–Kier alpha value is -2.49. The zero-order chi connectivity index (χ0) is 17.6. The molecule has 0 aliphatic rings. The third-order valence-electron chi connectivity index (χ3n) is 3.38. The molecule has 3 aromatic rings. The second-order valence-corrected chi connectivity index (χ2v) is 5.88. The van der Waals surface area contributed by atoms with Crippen molar-refractivity contribution in [1.82, 2.24) is 14.6 Å². The number of methoxy groups -OCH3 is 2. The van der Waals surface area contributed by atoms with E-state index in [2.05, 4.69) is 15.4 Å². The Morgan fingerprint density at radius 3 is 2.92 bits per heavy atom. The van der Waals surface area contributed by atoms with Crippen LogP contribution in [0.5, 0.6) is 5.75 Å². The van der Waals surface area contributed by atoms with Crippen molar-refractivity contribution in [2.75, 3.05) is 39.4 Å². The van der Waals surface area contributed by atoms with E-state index in [4.69, 9.17) is 14.2 Å². The molecule has 0 aliphatic heterocycles. The molecular formula is C16H18N4O4S. The predicted molar refractivity (Wildman–Crippen MR) is 94.2 cm³/mol. The third-order valence-corrected chi connectivity index (χ3v) is 4.20. The van der Waals surface area contributed by atoms with Crippen LogP contribution in [-0.4, -0.2) is 54.5 Å². The van der Waals surface area contributed by atoms with E-state index in [0.29, 0.717) is 18.2 Å². The van der Waals surface area contributed by atoms with Crippen LogP contribution < -0.4 is 10.1 Å². The number of thiazole rings is 1. The van der Waals surface area contributed by atoms with E-state index in [9.17, 15) is 4.79 Å². The largest absolute Gasteiger partial charge is 0.496 e. The number of benzene rings is 1. The quantitative estimate of drug-likeness (QED) is 0.617. The number of amides is 1. The SMILES string of the molecule is COCCOCC(=O)Nc1nc2scc(-c3ccccc3OC)n2n1. The lowest BCUT2D eigenvalue weighted by atomic mass is 10.1. The molecule has 0 spiro atoms. The molecule has 0 unspecified atom stereocenters. The Bertz CT molecular complexity index is 861. The molecule has 2 heterocycles. The molecule has 132 valence electrons. The van der Waals surface area contributed by atoms with Gasteiger partial charge in [0.2, 0.25) is 4.96 Å². The van der Waals surface area contributed by atoms with Gasteiger partial charge in [-0.05, 0) is 12.1 Å². The Kier molecular flexibility index (Phi) is 5.59. The summed E-state index contributed by atoms with van der Waals surface area (Å²) in [6.45, 7) is 0.719. The molecule has 2 aromatic heterocycles. The van der Waals surface area contributed by atoms with Gasteiger partial charge in [-0.1, -0.05) is 12.1 Å². The number of carbonyl (C=O) groups excluding carboxylic acids is 1. The lowest BCUT2D eigenvalue weighted by Gasteiger charge is -2.06. The fourth-order valence-corrected chi connectivity index (χ4v) is 3.07. The number of para-hydroxylation sites is 1. The minimum absolute atomic E-state index is 0.0738. The minimum Gasteiger partial charge on any atom is -0.496 e. The molecule has 1 N–H and O–H groups in total. The first kappa shape index (κ1) is 17.3. The van der Waals surface area contributed by atoms with E-state index in [-0.39, 0.29) is 18.5 Å². The number of anilines is 1. The van der Waals surface area contributed by atoms with Gasteiger partial charge in [-0.25, -0.2) is 4.52 Å². The maximum atomic E-state index is 11.8. The number of rotatable bonds is 8. The van der Waals surface area contributed by atoms with Gasteiger partial charge >= 0.3 is 0 Å². The first-order valence-corrected chi connectivity index (χ1v) is 8.45. The van der Waals surface area contributed by atoms with E-state index >= 15 is 0 Å². The molecule has 0 radical (unpaired) electrons. The number of ether oxygens (including phenoxy) is 3. The molecule has 1 aromatic carbocycles. The first-order chi connectivity index (χ1) is 12.2. The Morgan fingerprint density at radius 1 is 1.28 bits per heavy atom. The molecule has 0 aliphatic carbocycles. The summed E-state index contributed by atoms with van der Waals surface area (Å²) in [7, 11) is 3.20. The van der Waals surface area contributed by atoms with Crippen LogP contribution in [0.15, 0.2) is 29.6 Å². The Labute approximate surface area is 148 Å². The van der Waals surface area contributed by atoms with Gasteiger partial charge in [0.1, 0.15) is 12.4 Å². The van der Waals surface area contributed by atoms with Crippen LogP contribution in [0.25, 0.3) is 16.2 Å². The summed E-state index contributed by atoms with van der Waals surface area (Å²) in [6.07, 6.45) is 0. The average Bonchev–Trinajstić information content (AvgIpc) is 3.18. The highest BCUT2D eigenvalue weighted by Crippen LogP contribution is 2.32. The van der Waals surface area contributed by atoms with Gasteiger partial charge in [-0.2, -0.15) is 4.98 Å². The number of fused-ring (bicyclic) bond motifs is 1. The first-order valence-electron chi connectivity index (χ1n) is 7.57. The summed E-state index contributed by atoms with van der Waals surface area (Å²) in [5, 5.41) is 8.94. The van der Waals surface area contributed by atoms with E-state index in [1.54, 1.807) is 18.7 Å². The van der Waals surface area contributed by atoms with E-state index < -0.39 is 0 Å². The standard InChI is InChI=1S/C16H18N4O4S/c1-22-7-8-24-9-14(21)17-15-18-16-20(19-15)12(10-25-16)11-5-3-4-6-13(11)23-2/h3-6,10H,7-9H2,1-2H3,(H,17,19,21). The van der Waals surface area contributed by atoms with Crippen LogP contribution in [-0.2, 0) is 14.3 Å². The highest BCUT2D eigenvalue weighted by Gasteiger charge is 2.15. The van der Waals surface area contributed by atoms with Crippen molar-refractivity contribution in [2.24, 2.45) is 0 Å². The number of nitrogens with one attached hydrogen (secondary N) is 1. The minimum atomic E-state index is -0.312. The van der Waals surface area contributed by atoms with Crippen molar-refractivity contribution in [3.05, 3.63) is 29.6 Å². The molecule has 9 heteroatoms. The molecule has 0 fully saturated rings. The second-order valence-electron chi connectivity index (χ2n) is 5.04.